The Morgan fingerprint density at radius 1 is 1.33 bits per heavy atom. The molecule has 15 heavy (non-hydrogen) atoms. The predicted octanol–water partition coefficient (Wildman–Crippen LogP) is 1.91. The molecule has 1 rings (SSSR count). The maximum Gasteiger partial charge on any atom is 0.121 e. The maximum absolute atomic E-state index is 5.57. The topological polar surface area (TPSA) is 42.4 Å². The summed E-state index contributed by atoms with van der Waals surface area (Å²) in [5.41, 5.74) is 6.71. The molecular weight excluding hydrogens is 188 g/mol. The van der Waals surface area contributed by atoms with Crippen LogP contribution >= 0.6 is 0 Å². The molecule has 0 radical (unpaired) electrons. The summed E-state index contributed by atoms with van der Waals surface area (Å²) >= 11 is 0. The Labute approximate surface area is 90.9 Å². The predicted molar refractivity (Wildman–Crippen MR) is 62.3 cm³/mol. The van der Waals surface area contributed by atoms with Gasteiger partial charge in [-0.25, -0.2) is 0 Å². The molecule has 0 unspecified atom stereocenters. The van der Waals surface area contributed by atoms with Crippen molar-refractivity contribution in [1.29, 1.82) is 0 Å². The average Bonchev–Trinajstić information content (AvgIpc) is 2.66. The van der Waals surface area contributed by atoms with Crippen LogP contribution in [0, 0.1) is 0 Å². The van der Waals surface area contributed by atoms with E-state index in [9.17, 15) is 0 Å². The molecule has 0 saturated heterocycles. The molecule has 0 spiro atoms. The Kier molecular flexibility index (Phi) is 4.87. The van der Waals surface area contributed by atoms with Crippen molar-refractivity contribution in [2.45, 2.75) is 13.1 Å². The van der Waals surface area contributed by atoms with Crippen molar-refractivity contribution in [2.75, 3.05) is 13.1 Å². The van der Waals surface area contributed by atoms with E-state index in [1.807, 2.05) is 18.2 Å². The molecule has 2 N–H and O–H groups in total. The molecule has 0 aromatic carbocycles. The van der Waals surface area contributed by atoms with E-state index in [0.717, 1.165) is 31.0 Å². The smallest absolute Gasteiger partial charge is 0.121 e. The number of nitrogens with zero attached hydrogens (tertiary/aromatic N) is 1. The summed E-state index contributed by atoms with van der Waals surface area (Å²) in [5.74, 6) is 0.855. The first kappa shape index (κ1) is 11.8. The van der Waals surface area contributed by atoms with Gasteiger partial charge in [-0.3, -0.25) is 4.90 Å². The lowest BCUT2D eigenvalue weighted by Gasteiger charge is -2.18. The summed E-state index contributed by atoms with van der Waals surface area (Å²) in [7, 11) is 0. The van der Waals surface area contributed by atoms with Gasteiger partial charge in [-0.2, -0.15) is 0 Å². The summed E-state index contributed by atoms with van der Waals surface area (Å²) in [6.45, 7) is 10.4. The van der Waals surface area contributed by atoms with Crippen LogP contribution in [0.5, 0.6) is 0 Å². The number of hydrogen-bond acceptors (Lipinski definition) is 3. The molecule has 1 aromatic heterocycles. The standard InChI is InChI=1S/C12H18N2O/c1-3-6-14(7-4-2)10-11-5-8-15-12(11)9-13/h3-5,8H,1-2,6-7,9-10,13H2. The van der Waals surface area contributed by atoms with Crippen LogP contribution in [0.3, 0.4) is 0 Å². The molecule has 1 aromatic rings. The fourth-order valence-corrected chi connectivity index (χ4v) is 1.50. The zero-order chi connectivity index (χ0) is 11.1. The molecule has 0 aliphatic rings. The van der Waals surface area contributed by atoms with Gasteiger partial charge in [0.25, 0.3) is 0 Å². The Hall–Kier alpha value is -1.32. The molecule has 0 aliphatic carbocycles. The molecule has 3 nitrogen and oxygen atoms in total. The van der Waals surface area contributed by atoms with Gasteiger partial charge in [-0.05, 0) is 6.07 Å². The first-order valence-corrected chi connectivity index (χ1v) is 5.01. The van der Waals surface area contributed by atoms with Gasteiger partial charge >= 0.3 is 0 Å². The molecule has 0 amide bonds. The highest BCUT2D eigenvalue weighted by molar-refractivity contribution is 5.16. The molecule has 0 aliphatic heterocycles. The molecule has 0 bridgehead atoms. The first-order chi connectivity index (χ1) is 7.31. The van der Waals surface area contributed by atoms with Crippen molar-refractivity contribution in [3.05, 3.63) is 49.0 Å². The van der Waals surface area contributed by atoms with Crippen LogP contribution in [0.25, 0.3) is 0 Å². The van der Waals surface area contributed by atoms with E-state index in [1.165, 1.54) is 0 Å². The van der Waals surface area contributed by atoms with Gasteiger partial charge in [0.1, 0.15) is 5.76 Å². The monoisotopic (exact) mass is 206 g/mol. The van der Waals surface area contributed by atoms with E-state index in [1.54, 1.807) is 6.26 Å². The third-order valence-corrected chi connectivity index (χ3v) is 2.19. The molecular formula is C12H18N2O. The fraction of sp³-hybridized carbons (Fsp3) is 0.333. The van der Waals surface area contributed by atoms with Gasteiger partial charge < -0.3 is 10.2 Å². The van der Waals surface area contributed by atoms with Crippen LogP contribution in [-0.4, -0.2) is 18.0 Å². The molecule has 0 atom stereocenters. The van der Waals surface area contributed by atoms with E-state index >= 15 is 0 Å². The molecule has 82 valence electrons. The third kappa shape index (κ3) is 3.38. The van der Waals surface area contributed by atoms with Gasteiger partial charge in [-0.1, -0.05) is 12.2 Å². The minimum atomic E-state index is 0.443. The van der Waals surface area contributed by atoms with Crippen molar-refractivity contribution in [2.24, 2.45) is 5.73 Å². The van der Waals surface area contributed by atoms with Crippen LogP contribution in [-0.2, 0) is 13.1 Å². The van der Waals surface area contributed by atoms with Crippen molar-refractivity contribution in [1.82, 2.24) is 4.90 Å². The second-order valence-electron chi connectivity index (χ2n) is 3.34. The van der Waals surface area contributed by atoms with Crippen LogP contribution in [0.2, 0.25) is 0 Å². The summed E-state index contributed by atoms with van der Waals surface area (Å²) in [5, 5.41) is 0. The van der Waals surface area contributed by atoms with E-state index in [4.69, 9.17) is 10.2 Å². The largest absolute Gasteiger partial charge is 0.468 e. The van der Waals surface area contributed by atoms with E-state index in [-0.39, 0.29) is 0 Å². The SMILES string of the molecule is C=CCN(CC=C)Cc1ccoc1CN. The zero-order valence-corrected chi connectivity index (χ0v) is 8.98. The first-order valence-electron chi connectivity index (χ1n) is 5.01. The van der Waals surface area contributed by atoms with Crippen molar-refractivity contribution in [3.8, 4) is 0 Å². The Balaban J connectivity index is 2.63. The Bertz CT molecular complexity index is 307. The minimum Gasteiger partial charge on any atom is -0.468 e. The molecule has 1 heterocycles. The Morgan fingerprint density at radius 3 is 2.53 bits per heavy atom. The average molecular weight is 206 g/mol. The third-order valence-electron chi connectivity index (χ3n) is 2.19. The normalized spacial score (nSPS) is 10.5. The number of hydrogen-bond donors (Lipinski definition) is 1. The van der Waals surface area contributed by atoms with Crippen molar-refractivity contribution >= 4 is 0 Å². The van der Waals surface area contributed by atoms with Crippen molar-refractivity contribution in [3.63, 3.8) is 0 Å². The lowest BCUT2D eigenvalue weighted by atomic mass is 10.2. The summed E-state index contributed by atoms with van der Waals surface area (Å²) in [6, 6.07) is 1.96. The zero-order valence-electron chi connectivity index (χ0n) is 8.98. The highest BCUT2D eigenvalue weighted by Gasteiger charge is 2.08. The number of rotatable bonds is 7. The summed E-state index contributed by atoms with van der Waals surface area (Å²) in [6.07, 6.45) is 5.44. The van der Waals surface area contributed by atoms with E-state index < -0.39 is 0 Å². The van der Waals surface area contributed by atoms with Crippen LogP contribution in [0.1, 0.15) is 11.3 Å². The van der Waals surface area contributed by atoms with Crippen LogP contribution in [0.4, 0.5) is 0 Å². The number of furan rings is 1. The van der Waals surface area contributed by atoms with Crippen LogP contribution in [0.15, 0.2) is 42.1 Å². The van der Waals surface area contributed by atoms with E-state index in [2.05, 4.69) is 18.1 Å². The van der Waals surface area contributed by atoms with Gasteiger partial charge in [0, 0.05) is 25.2 Å². The maximum atomic E-state index is 5.57. The van der Waals surface area contributed by atoms with E-state index in [0.29, 0.717) is 6.54 Å². The van der Waals surface area contributed by atoms with Gasteiger partial charge in [0.15, 0.2) is 0 Å². The summed E-state index contributed by atoms with van der Waals surface area (Å²) < 4.78 is 5.27. The highest BCUT2D eigenvalue weighted by atomic mass is 16.3. The van der Waals surface area contributed by atoms with Crippen LogP contribution < -0.4 is 5.73 Å². The molecule has 0 saturated carbocycles. The lowest BCUT2D eigenvalue weighted by Crippen LogP contribution is -2.23. The lowest BCUT2D eigenvalue weighted by molar-refractivity contribution is 0.324. The second kappa shape index (κ2) is 6.22. The highest BCUT2D eigenvalue weighted by Crippen LogP contribution is 2.12. The van der Waals surface area contributed by atoms with Gasteiger partial charge in [0.2, 0.25) is 0 Å². The van der Waals surface area contributed by atoms with Gasteiger partial charge in [0.05, 0.1) is 12.8 Å². The molecule has 3 heteroatoms. The Morgan fingerprint density at radius 2 is 2.00 bits per heavy atom. The fourth-order valence-electron chi connectivity index (χ4n) is 1.50. The molecule has 0 fully saturated rings. The van der Waals surface area contributed by atoms with Gasteiger partial charge in [-0.15, -0.1) is 13.2 Å². The number of nitrogens with two attached hydrogens (primary N) is 1. The second-order valence-corrected chi connectivity index (χ2v) is 3.34. The minimum absolute atomic E-state index is 0.443. The summed E-state index contributed by atoms with van der Waals surface area (Å²) in [4.78, 5) is 2.21. The van der Waals surface area contributed by atoms with Crippen molar-refractivity contribution < 1.29 is 4.42 Å². The quantitative estimate of drug-likeness (QED) is 0.693.